The van der Waals surface area contributed by atoms with Crippen LogP contribution in [0.4, 0.5) is 5.82 Å². The fourth-order valence-corrected chi connectivity index (χ4v) is 2.34. The van der Waals surface area contributed by atoms with Crippen LogP contribution in [-0.4, -0.2) is 23.2 Å². The lowest BCUT2D eigenvalue weighted by Gasteiger charge is -2.42. The summed E-state index contributed by atoms with van der Waals surface area (Å²) in [6.07, 6.45) is 6.04. The van der Waals surface area contributed by atoms with Gasteiger partial charge in [0.25, 0.3) is 0 Å². The molecule has 1 fully saturated rings. The van der Waals surface area contributed by atoms with Gasteiger partial charge in [-0.3, -0.25) is 0 Å². The van der Waals surface area contributed by atoms with E-state index in [-0.39, 0.29) is 12.0 Å². The molecule has 1 aromatic rings. The molecule has 2 rings (SSSR count). The Bertz CT molecular complexity index is 421. The Hall–Kier alpha value is -1.60. The van der Waals surface area contributed by atoms with Gasteiger partial charge in [0.05, 0.1) is 5.56 Å². The largest absolute Gasteiger partial charge is 0.396 e. The molecule has 0 amide bonds. The summed E-state index contributed by atoms with van der Waals surface area (Å²) in [6.45, 7) is 1.02. The van der Waals surface area contributed by atoms with E-state index in [4.69, 9.17) is 10.4 Å². The Morgan fingerprint density at radius 3 is 2.94 bits per heavy atom. The highest BCUT2D eigenvalue weighted by Gasteiger charge is 2.36. The second-order valence-corrected chi connectivity index (χ2v) is 4.69. The quantitative estimate of drug-likeness (QED) is 0.812. The second kappa shape index (κ2) is 5.15. The van der Waals surface area contributed by atoms with Crippen LogP contribution in [0.2, 0.25) is 0 Å². The number of pyridine rings is 1. The Morgan fingerprint density at radius 1 is 1.53 bits per heavy atom. The first-order chi connectivity index (χ1) is 8.29. The minimum atomic E-state index is 0.207. The molecular weight excluding hydrogens is 214 g/mol. The lowest BCUT2D eigenvalue weighted by Crippen LogP contribution is -2.37. The molecule has 17 heavy (non-hydrogen) atoms. The number of nitriles is 1. The van der Waals surface area contributed by atoms with Gasteiger partial charge in [-0.05, 0) is 36.8 Å². The Morgan fingerprint density at radius 2 is 2.35 bits per heavy atom. The van der Waals surface area contributed by atoms with E-state index >= 15 is 0 Å². The Labute approximate surface area is 101 Å². The second-order valence-electron chi connectivity index (χ2n) is 4.69. The molecule has 4 nitrogen and oxygen atoms in total. The van der Waals surface area contributed by atoms with Crippen molar-refractivity contribution < 1.29 is 5.11 Å². The molecule has 0 spiro atoms. The maximum absolute atomic E-state index is 9.07. The van der Waals surface area contributed by atoms with E-state index in [0.29, 0.717) is 11.4 Å². The van der Waals surface area contributed by atoms with Crippen LogP contribution in [-0.2, 0) is 0 Å². The van der Waals surface area contributed by atoms with Gasteiger partial charge in [0.2, 0.25) is 0 Å². The van der Waals surface area contributed by atoms with Crippen LogP contribution in [0.15, 0.2) is 18.3 Å². The van der Waals surface area contributed by atoms with Crippen molar-refractivity contribution in [3.8, 4) is 6.07 Å². The maximum Gasteiger partial charge on any atom is 0.143 e. The van der Waals surface area contributed by atoms with Crippen LogP contribution < -0.4 is 5.32 Å². The number of hydrogen-bond donors (Lipinski definition) is 2. The van der Waals surface area contributed by atoms with Crippen molar-refractivity contribution in [2.45, 2.75) is 25.7 Å². The first-order valence-corrected chi connectivity index (χ1v) is 5.99. The third kappa shape index (κ3) is 2.56. The number of hydrogen-bond acceptors (Lipinski definition) is 4. The Balaban J connectivity index is 2.00. The molecule has 0 radical (unpaired) electrons. The molecule has 1 aromatic heterocycles. The molecule has 0 unspecified atom stereocenters. The summed E-state index contributed by atoms with van der Waals surface area (Å²) in [5.74, 6) is 0.652. The normalized spacial score (nSPS) is 16.9. The molecule has 1 saturated carbocycles. The van der Waals surface area contributed by atoms with Gasteiger partial charge in [-0.25, -0.2) is 4.98 Å². The highest BCUT2D eigenvalue weighted by molar-refractivity contribution is 5.51. The average Bonchev–Trinajstić information content (AvgIpc) is 2.33. The molecule has 1 aliphatic carbocycles. The van der Waals surface area contributed by atoms with E-state index < -0.39 is 0 Å². The van der Waals surface area contributed by atoms with Gasteiger partial charge in [-0.1, -0.05) is 6.42 Å². The van der Waals surface area contributed by atoms with Crippen LogP contribution in [0.3, 0.4) is 0 Å². The number of aromatic nitrogens is 1. The molecule has 0 aromatic carbocycles. The fourth-order valence-electron chi connectivity index (χ4n) is 2.34. The van der Waals surface area contributed by atoms with E-state index in [1.54, 1.807) is 18.3 Å². The van der Waals surface area contributed by atoms with E-state index in [0.717, 1.165) is 25.8 Å². The first kappa shape index (κ1) is 11.9. The predicted octanol–water partition coefficient (Wildman–Crippen LogP) is 1.92. The van der Waals surface area contributed by atoms with Gasteiger partial charge in [-0.2, -0.15) is 5.26 Å². The van der Waals surface area contributed by atoms with Crippen LogP contribution in [0.25, 0.3) is 0 Å². The number of rotatable bonds is 5. The zero-order valence-corrected chi connectivity index (χ0v) is 9.82. The van der Waals surface area contributed by atoms with Crippen molar-refractivity contribution in [1.29, 1.82) is 5.26 Å². The molecule has 1 aliphatic rings. The molecule has 0 saturated heterocycles. The number of anilines is 1. The van der Waals surface area contributed by atoms with Crippen molar-refractivity contribution in [2.24, 2.45) is 5.41 Å². The number of aliphatic hydroxyl groups is 1. The molecular formula is C13H17N3O. The molecule has 0 atom stereocenters. The predicted molar refractivity (Wildman–Crippen MR) is 65.4 cm³/mol. The highest BCUT2D eigenvalue weighted by atomic mass is 16.3. The van der Waals surface area contributed by atoms with E-state index in [1.807, 2.05) is 0 Å². The summed E-state index contributed by atoms with van der Waals surface area (Å²) in [5.41, 5.74) is 0.782. The van der Waals surface area contributed by atoms with Crippen molar-refractivity contribution in [3.05, 3.63) is 23.9 Å². The highest BCUT2D eigenvalue weighted by Crippen LogP contribution is 2.43. The van der Waals surface area contributed by atoms with E-state index in [2.05, 4.69) is 16.4 Å². The van der Waals surface area contributed by atoms with Gasteiger partial charge in [0.15, 0.2) is 0 Å². The Kier molecular flexibility index (Phi) is 3.60. The smallest absolute Gasteiger partial charge is 0.143 e. The van der Waals surface area contributed by atoms with Crippen LogP contribution in [0.5, 0.6) is 0 Å². The van der Waals surface area contributed by atoms with Crippen molar-refractivity contribution in [1.82, 2.24) is 4.98 Å². The fraction of sp³-hybridized carbons (Fsp3) is 0.538. The minimum Gasteiger partial charge on any atom is -0.396 e. The molecule has 90 valence electrons. The van der Waals surface area contributed by atoms with E-state index in [1.165, 1.54) is 6.42 Å². The lowest BCUT2D eigenvalue weighted by atomic mass is 9.67. The van der Waals surface area contributed by atoms with Gasteiger partial charge >= 0.3 is 0 Å². The summed E-state index contributed by atoms with van der Waals surface area (Å²) >= 11 is 0. The van der Waals surface area contributed by atoms with Gasteiger partial charge in [-0.15, -0.1) is 0 Å². The summed E-state index contributed by atoms with van der Waals surface area (Å²) in [7, 11) is 0. The monoisotopic (exact) mass is 231 g/mol. The lowest BCUT2D eigenvalue weighted by molar-refractivity contribution is 0.102. The van der Waals surface area contributed by atoms with Gasteiger partial charge in [0.1, 0.15) is 11.9 Å². The number of aliphatic hydroxyl groups excluding tert-OH is 1. The van der Waals surface area contributed by atoms with Crippen LogP contribution in [0.1, 0.15) is 31.2 Å². The van der Waals surface area contributed by atoms with Gasteiger partial charge < -0.3 is 10.4 Å². The van der Waals surface area contributed by atoms with Crippen molar-refractivity contribution in [2.75, 3.05) is 18.5 Å². The van der Waals surface area contributed by atoms with E-state index in [9.17, 15) is 0 Å². The average molecular weight is 231 g/mol. The summed E-state index contributed by atoms with van der Waals surface area (Å²) in [4.78, 5) is 4.17. The third-order valence-corrected chi connectivity index (χ3v) is 3.62. The first-order valence-electron chi connectivity index (χ1n) is 5.99. The number of nitrogens with one attached hydrogen (secondary N) is 1. The topological polar surface area (TPSA) is 68.9 Å². The summed E-state index contributed by atoms with van der Waals surface area (Å²) in [5, 5.41) is 21.3. The van der Waals surface area contributed by atoms with Gasteiger partial charge in [0, 0.05) is 19.3 Å². The maximum atomic E-state index is 9.07. The zero-order valence-electron chi connectivity index (χ0n) is 9.82. The van der Waals surface area contributed by atoms with Crippen molar-refractivity contribution >= 4 is 5.82 Å². The summed E-state index contributed by atoms with van der Waals surface area (Å²) < 4.78 is 0. The summed E-state index contributed by atoms with van der Waals surface area (Å²) in [6, 6.07) is 5.64. The molecule has 4 heteroatoms. The van der Waals surface area contributed by atoms with Crippen LogP contribution >= 0.6 is 0 Å². The SMILES string of the molecule is N#Cc1cccnc1NCC1(CCO)CCC1. The molecule has 1 heterocycles. The zero-order chi connectivity index (χ0) is 12.1. The molecule has 0 aliphatic heterocycles. The molecule has 2 N–H and O–H groups in total. The van der Waals surface area contributed by atoms with Crippen molar-refractivity contribution in [3.63, 3.8) is 0 Å². The number of nitrogens with zero attached hydrogens (tertiary/aromatic N) is 2. The molecule has 0 bridgehead atoms. The minimum absolute atomic E-state index is 0.207. The standard InChI is InChI=1S/C13H17N3O/c14-9-11-3-1-7-15-12(11)16-10-13(6-8-17)4-2-5-13/h1,3,7,17H,2,4-6,8,10H2,(H,15,16). The van der Waals surface area contributed by atoms with Crippen LogP contribution in [0, 0.1) is 16.7 Å². The third-order valence-electron chi connectivity index (χ3n) is 3.62.